The molecule has 0 amide bonds. The number of hydrogen-bond acceptors (Lipinski definition) is 4. The van der Waals surface area contributed by atoms with Crippen LogP contribution in [0.5, 0.6) is 0 Å². The maximum Gasteiger partial charge on any atom is 0.424 e. The van der Waals surface area contributed by atoms with Crippen LogP contribution in [0.15, 0.2) is 29.9 Å². The van der Waals surface area contributed by atoms with E-state index in [0.717, 1.165) is 4.88 Å². The van der Waals surface area contributed by atoms with Crippen molar-refractivity contribution in [3.05, 3.63) is 40.6 Å². The van der Waals surface area contributed by atoms with Crippen molar-refractivity contribution in [3.63, 3.8) is 0 Å². The highest BCUT2D eigenvalue weighted by Crippen LogP contribution is 2.40. The van der Waals surface area contributed by atoms with Gasteiger partial charge < -0.3 is 15.0 Å². The molecule has 21 heavy (non-hydrogen) atoms. The van der Waals surface area contributed by atoms with Gasteiger partial charge in [-0.3, -0.25) is 0 Å². The Kier molecular flexibility index (Phi) is 4.70. The zero-order valence-electron chi connectivity index (χ0n) is 11.4. The van der Waals surface area contributed by atoms with E-state index in [4.69, 9.17) is 0 Å². The highest BCUT2D eigenvalue weighted by atomic mass is 32.1. The molecule has 2 rings (SSSR count). The molecule has 0 spiro atoms. The molecule has 0 aliphatic heterocycles. The number of rotatable bonds is 6. The van der Waals surface area contributed by atoms with Crippen LogP contribution in [0.25, 0.3) is 0 Å². The summed E-state index contributed by atoms with van der Waals surface area (Å²) in [5.74, 6) is -0.395. The molecule has 8 heteroatoms. The second-order valence-electron chi connectivity index (χ2n) is 4.73. The van der Waals surface area contributed by atoms with Crippen molar-refractivity contribution in [3.8, 4) is 0 Å². The van der Waals surface area contributed by atoms with Gasteiger partial charge in [-0.25, -0.2) is 4.98 Å². The summed E-state index contributed by atoms with van der Waals surface area (Å²) < 4.78 is 40.8. The van der Waals surface area contributed by atoms with Crippen LogP contribution in [-0.4, -0.2) is 27.4 Å². The molecule has 4 nitrogen and oxygen atoms in total. The normalized spacial score (nSPS) is 15.1. The molecule has 0 radical (unpaired) electrons. The van der Waals surface area contributed by atoms with Gasteiger partial charge in [-0.2, -0.15) is 13.2 Å². The Balaban J connectivity index is 2.02. The summed E-state index contributed by atoms with van der Waals surface area (Å²) >= 11 is 1.52. The van der Waals surface area contributed by atoms with E-state index in [-0.39, 0.29) is 6.54 Å². The Labute approximate surface area is 124 Å². The van der Waals surface area contributed by atoms with Gasteiger partial charge in [0.05, 0.1) is 0 Å². The van der Waals surface area contributed by atoms with E-state index in [2.05, 4.69) is 10.3 Å². The largest absolute Gasteiger partial charge is 0.424 e. The number of aromatic nitrogens is 2. The van der Waals surface area contributed by atoms with Crippen LogP contribution in [-0.2, 0) is 19.2 Å². The average Bonchev–Trinajstić information content (AvgIpc) is 3.04. The van der Waals surface area contributed by atoms with Crippen LogP contribution in [0.4, 0.5) is 13.2 Å². The van der Waals surface area contributed by atoms with Gasteiger partial charge in [0.15, 0.2) is 0 Å². The van der Waals surface area contributed by atoms with Gasteiger partial charge in [-0.1, -0.05) is 6.07 Å². The minimum absolute atomic E-state index is 0.0285. The molecular weight excluding hydrogens is 303 g/mol. The minimum Gasteiger partial charge on any atom is -0.374 e. The first-order valence-electron chi connectivity index (χ1n) is 6.34. The SMILES string of the molecule is Cn1ccnc1C(O)(CCNCc1cccs1)C(F)(F)F. The monoisotopic (exact) mass is 319 g/mol. The van der Waals surface area contributed by atoms with Gasteiger partial charge in [0.25, 0.3) is 0 Å². The summed E-state index contributed by atoms with van der Waals surface area (Å²) in [6, 6.07) is 3.77. The van der Waals surface area contributed by atoms with Crippen molar-refractivity contribution in [2.24, 2.45) is 7.05 Å². The third-order valence-corrected chi connectivity index (χ3v) is 4.08. The fourth-order valence-corrected chi connectivity index (χ4v) is 2.71. The summed E-state index contributed by atoms with van der Waals surface area (Å²) in [6.07, 6.45) is -2.65. The van der Waals surface area contributed by atoms with Crippen molar-refractivity contribution >= 4 is 11.3 Å². The zero-order valence-corrected chi connectivity index (χ0v) is 12.2. The Morgan fingerprint density at radius 1 is 1.43 bits per heavy atom. The number of aliphatic hydroxyl groups is 1. The first-order chi connectivity index (χ1) is 9.84. The van der Waals surface area contributed by atoms with E-state index in [1.165, 1.54) is 35.3 Å². The van der Waals surface area contributed by atoms with Gasteiger partial charge in [0.2, 0.25) is 5.60 Å². The fraction of sp³-hybridized carbons (Fsp3) is 0.462. The third kappa shape index (κ3) is 3.45. The maximum atomic E-state index is 13.2. The predicted molar refractivity (Wildman–Crippen MR) is 73.8 cm³/mol. The Hall–Kier alpha value is -1.38. The quantitative estimate of drug-likeness (QED) is 0.804. The molecule has 0 fully saturated rings. The lowest BCUT2D eigenvalue weighted by Crippen LogP contribution is -2.46. The number of alkyl halides is 3. The standard InChI is InChI=1S/C13H16F3N3OS/c1-19-7-6-18-11(19)12(20,13(14,15)16)4-5-17-9-10-3-2-8-21-10/h2-3,6-8,17,20H,4-5,9H2,1H3. The Morgan fingerprint density at radius 2 is 2.19 bits per heavy atom. The van der Waals surface area contributed by atoms with Crippen molar-refractivity contribution in [1.29, 1.82) is 0 Å². The summed E-state index contributed by atoms with van der Waals surface area (Å²) in [5.41, 5.74) is -2.95. The molecule has 0 aliphatic carbocycles. The molecule has 2 aromatic rings. The van der Waals surface area contributed by atoms with E-state index in [1.807, 2.05) is 17.5 Å². The highest BCUT2D eigenvalue weighted by molar-refractivity contribution is 7.09. The third-order valence-electron chi connectivity index (χ3n) is 3.20. The lowest BCUT2D eigenvalue weighted by atomic mass is 9.97. The van der Waals surface area contributed by atoms with Gasteiger partial charge >= 0.3 is 6.18 Å². The van der Waals surface area contributed by atoms with Crippen LogP contribution in [0.2, 0.25) is 0 Å². The summed E-state index contributed by atoms with van der Waals surface area (Å²) in [4.78, 5) is 4.68. The predicted octanol–water partition coefficient (Wildman–Crippen LogP) is 2.41. The summed E-state index contributed by atoms with van der Waals surface area (Å²) in [6.45, 7) is 0.507. The molecule has 2 aromatic heterocycles. The molecule has 116 valence electrons. The Morgan fingerprint density at radius 3 is 2.71 bits per heavy atom. The van der Waals surface area contributed by atoms with Gasteiger partial charge in [0.1, 0.15) is 5.82 Å². The molecule has 0 saturated carbocycles. The van der Waals surface area contributed by atoms with Crippen molar-refractivity contribution in [2.45, 2.75) is 24.7 Å². The van der Waals surface area contributed by atoms with E-state index >= 15 is 0 Å². The summed E-state index contributed by atoms with van der Waals surface area (Å²) in [7, 11) is 1.43. The number of aryl methyl sites for hydroxylation is 1. The molecule has 0 saturated heterocycles. The number of imidazole rings is 1. The fourth-order valence-electron chi connectivity index (χ4n) is 2.04. The van der Waals surface area contributed by atoms with Crippen LogP contribution in [0.1, 0.15) is 17.1 Å². The molecule has 0 aromatic carbocycles. The molecule has 0 aliphatic rings. The maximum absolute atomic E-state index is 13.2. The first-order valence-corrected chi connectivity index (χ1v) is 7.22. The molecule has 1 unspecified atom stereocenters. The van der Waals surface area contributed by atoms with E-state index in [1.54, 1.807) is 0 Å². The molecular formula is C13H16F3N3OS. The number of nitrogens with one attached hydrogen (secondary N) is 1. The van der Waals surface area contributed by atoms with Crippen LogP contribution in [0.3, 0.4) is 0 Å². The molecule has 2 N–H and O–H groups in total. The summed E-state index contributed by atoms with van der Waals surface area (Å²) in [5, 5.41) is 14.9. The average molecular weight is 319 g/mol. The molecule has 2 heterocycles. The van der Waals surface area contributed by atoms with Crippen LogP contribution >= 0.6 is 11.3 Å². The van der Waals surface area contributed by atoms with E-state index < -0.39 is 24.0 Å². The lowest BCUT2D eigenvalue weighted by Gasteiger charge is -2.30. The second kappa shape index (κ2) is 6.17. The lowest BCUT2D eigenvalue weighted by molar-refractivity contribution is -0.272. The minimum atomic E-state index is -4.78. The highest BCUT2D eigenvalue weighted by Gasteiger charge is 2.56. The second-order valence-corrected chi connectivity index (χ2v) is 5.76. The number of nitrogens with zero attached hydrogens (tertiary/aromatic N) is 2. The van der Waals surface area contributed by atoms with Gasteiger partial charge in [-0.15, -0.1) is 11.3 Å². The Bertz CT molecular complexity index is 567. The smallest absolute Gasteiger partial charge is 0.374 e. The number of thiophene rings is 1. The van der Waals surface area contributed by atoms with Gasteiger partial charge in [0, 0.05) is 37.3 Å². The van der Waals surface area contributed by atoms with Gasteiger partial charge in [-0.05, 0) is 18.0 Å². The first kappa shape index (κ1) is 16.0. The van der Waals surface area contributed by atoms with E-state index in [0.29, 0.717) is 6.54 Å². The topological polar surface area (TPSA) is 50.1 Å². The van der Waals surface area contributed by atoms with Crippen molar-refractivity contribution in [1.82, 2.24) is 14.9 Å². The van der Waals surface area contributed by atoms with Crippen molar-refractivity contribution in [2.75, 3.05) is 6.54 Å². The van der Waals surface area contributed by atoms with Crippen molar-refractivity contribution < 1.29 is 18.3 Å². The van der Waals surface area contributed by atoms with E-state index in [9.17, 15) is 18.3 Å². The van der Waals surface area contributed by atoms with Crippen LogP contribution in [0, 0.1) is 0 Å². The molecule has 0 bridgehead atoms. The zero-order chi connectivity index (χ0) is 15.5. The number of hydrogen-bond donors (Lipinski definition) is 2. The number of halogens is 3. The molecule has 1 atom stereocenters. The van der Waals surface area contributed by atoms with Crippen LogP contribution < -0.4 is 5.32 Å².